The molecule has 14 heteroatoms. The number of halogens is 1. The zero-order chi connectivity index (χ0) is 24.0. The summed E-state index contributed by atoms with van der Waals surface area (Å²) in [6, 6.07) is 8.92. The third-order valence-electron chi connectivity index (χ3n) is 5.71. The summed E-state index contributed by atoms with van der Waals surface area (Å²) in [7, 11) is -3.95. The van der Waals surface area contributed by atoms with Gasteiger partial charge >= 0.3 is 7.82 Å². The second-order valence-electron chi connectivity index (χ2n) is 7.97. The van der Waals surface area contributed by atoms with Gasteiger partial charge in [-0.05, 0) is 23.8 Å². The summed E-state index contributed by atoms with van der Waals surface area (Å²) in [4.78, 5) is 18.6. The minimum absolute atomic E-state index is 0.102. The van der Waals surface area contributed by atoms with Gasteiger partial charge in [0.15, 0.2) is 11.9 Å². The van der Waals surface area contributed by atoms with Crippen molar-refractivity contribution in [3.63, 3.8) is 0 Å². The molecule has 0 aliphatic carbocycles. The molecule has 0 saturated carbocycles. The predicted molar refractivity (Wildman–Crippen MR) is 123 cm³/mol. The number of aliphatic hydroxyl groups excluding tert-OH is 2. The lowest BCUT2D eigenvalue weighted by molar-refractivity contribution is -0.0576. The van der Waals surface area contributed by atoms with E-state index in [1.807, 2.05) is 24.3 Å². The van der Waals surface area contributed by atoms with Gasteiger partial charge in [-0.15, -0.1) is 0 Å². The number of aromatic nitrogens is 3. The molecule has 5 N–H and O–H groups in total. The molecule has 2 aliphatic heterocycles. The molecule has 0 bridgehead atoms. The fourth-order valence-electron chi connectivity index (χ4n) is 4.04. The first-order chi connectivity index (χ1) is 16.2. The maximum Gasteiger partial charge on any atom is 0.475 e. The van der Waals surface area contributed by atoms with E-state index in [2.05, 4.69) is 25.9 Å². The van der Waals surface area contributed by atoms with E-state index in [0.29, 0.717) is 6.42 Å². The number of nitrogen functional groups attached to an aromatic ring is 1. The average Bonchev–Trinajstić information content (AvgIpc) is 3.34. The zero-order valence-electron chi connectivity index (χ0n) is 17.6. The number of phosphoric ester groups is 1. The van der Waals surface area contributed by atoms with Crippen LogP contribution in [0.2, 0.25) is 0 Å². The Morgan fingerprint density at radius 2 is 2.15 bits per heavy atom. The van der Waals surface area contributed by atoms with Crippen molar-refractivity contribution in [2.24, 2.45) is 0 Å². The van der Waals surface area contributed by atoms with Crippen LogP contribution in [0.1, 0.15) is 24.3 Å². The van der Waals surface area contributed by atoms with Crippen molar-refractivity contribution in [1.29, 1.82) is 0 Å². The van der Waals surface area contributed by atoms with Crippen molar-refractivity contribution in [1.82, 2.24) is 14.5 Å². The lowest BCUT2D eigenvalue weighted by atomic mass is 10.1. The summed E-state index contributed by atoms with van der Waals surface area (Å²) in [6.07, 6.45) is -3.41. The van der Waals surface area contributed by atoms with E-state index in [1.54, 1.807) is 0 Å². The number of fused-ring (bicyclic) bond motifs is 1. The van der Waals surface area contributed by atoms with Crippen LogP contribution in [0.3, 0.4) is 0 Å². The maximum atomic E-state index is 13.1. The minimum atomic E-state index is -3.95. The molecule has 0 spiro atoms. The SMILES string of the molecule is Nc1nc2c(ccn2[C@@H]2O[C@H](COP3(=O)OCC[C@@H](c4cccc(Br)c4)O3)[C@@H](O)[C@H]2O)c(=O)[nH]1. The van der Waals surface area contributed by atoms with Crippen LogP contribution in [-0.4, -0.2) is 56.3 Å². The van der Waals surface area contributed by atoms with E-state index in [0.717, 1.165) is 10.0 Å². The van der Waals surface area contributed by atoms with Crippen LogP contribution < -0.4 is 11.3 Å². The number of hydrogen-bond acceptors (Lipinski definition) is 10. The van der Waals surface area contributed by atoms with Gasteiger partial charge < -0.3 is 25.3 Å². The van der Waals surface area contributed by atoms with Crippen molar-refractivity contribution >= 4 is 40.7 Å². The van der Waals surface area contributed by atoms with Crippen LogP contribution in [0.5, 0.6) is 0 Å². The normalized spacial score (nSPS) is 31.8. The molecule has 2 aromatic heterocycles. The first kappa shape index (κ1) is 23.6. The Morgan fingerprint density at radius 1 is 1.32 bits per heavy atom. The Labute approximate surface area is 201 Å². The topological polar surface area (TPSA) is 171 Å². The monoisotopic (exact) mass is 556 g/mol. The van der Waals surface area contributed by atoms with Crippen molar-refractivity contribution < 1.29 is 33.1 Å². The van der Waals surface area contributed by atoms with Gasteiger partial charge in [0.1, 0.15) is 18.3 Å². The molecule has 1 unspecified atom stereocenters. The molecule has 1 aromatic carbocycles. The molecule has 34 heavy (non-hydrogen) atoms. The summed E-state index contributed by atoms with van der Waals surface area (Å²) in [6.45, 7) is -0.211. The molecule has 6 atom stereocenters. The summed E-state index contributed by atoms with van der Waals surface area (Å²) in [5, 5.41) is 21.3. The Hall–Kier alpha value is -2.09. The smallest absolute Gasteiger partial charge is 0.387 e. The van der Waals surface area contributed by atoms with Crippen molar-refractivity contribution in [2.75, 3.05) is 18.9 Å². The van der Waals surface area contributed by atoms with Gasteiger partial charge in [0.25, 0.3) is 5.56 Å². The van der Waals surface area contributed by atoms with Gasteiger partial charge in [-0.25, -0.2) is 4.57 Å². The number of aliphatic hydroxyl groups is 2. The second-order valence-corrected chi connectivity index (χ2v) is 10.5. The second kappa shape index (κ2) is 9.17. The predicted octanol–water partition coefficient (Wildman–Crippen LogP) is 1.99. The molecule has 0 radical (unpaired) electrons. The third kappa shape index (κ3) is 4.45. The highest BCUT2D eigenvalue weighted by atomic mass is 79.9. The molecule has 3 aromatic rings. The van der Waals surface area contributed by atoms with Crippen molar-refractivity contribution in [2.45, 2.75) is 37.1 Å². The molecule has 5 rings (SSSR count). The number of ether oxygens (including phenoxy) is 1. The molecule has 0 amide bonds. The fraction of sp³-hybridized carbons (Fsp3) is 0.400. The van der Waals surface area contributed by atoms with Crippen molar-refractivity contribution in [3.8, 4) is 0 Å². The van der Waals surface area contributed by atoms with Gasteiger partial charge in [0.05, 0.1) is 24.7 Å². The fourth-order valence-corrected chi connectivity index (χ4v) is 5.85. The standard InChI is InChI=1S/C20H22BrN4O8P/c21-11-3-1-2-10(8-11)13-5-7-30-34(29,33-13)31-9-14-15(26)16(27)19(32-14)25-6-4-12-17(25)23-20(22)24-18(12)28/h1-4,6,8,13-16,19,26-27H,5,7,9H2,(H3,22,23,24,28)/t13-,14+,15+,16+,19+,34?/m0/s1. The van der Waals surface area contributed by atoms with Crippen LogP contribution in [0.4, 0.5) is 5.95 Å². The lowest BCUT2D eigenvalue weighted by Crippen LogP contribution is -2.34. The first-order valence-corrected chi connectivity index (χ1v) is 12.7. The number of nitrogens with two attached hydrogens (primary N) is 1. The highest BCUT2D eigenvalue weighted by molar-refractivity contribution is 9.10. The lowest BCUT2D eigenvalue weighted by Gasteiger charge is -2.30. The van der Waals surface area contributed by atoms with Crippen molar-refractivity contribution in [3.05, 3.63) is 56.9 Å². The summed E-state index contributed by atoms with van der Waals surface area (Å²) in [5.74, 6) is -0.102. The largest absolute Gasteiger partial charge is 0.475 e. The van der Waals surface area contributed by atoms with E-state index in [4.69, 9.17) is 24.0 Å². The molecule has 2 saturated heterocycles. The first-order valence-electron chi connectivity index (χ1n) is 10.4. The molecule has 4 heterocycles. The number of nitrogens with zero attached hydrogens (tertiary/aromatic N) is 2. The number of aromatic amines is 1. The highest BCUT2D eigenvalue weighted by Gasteiger charge is 2.46. The maximum absolute atomic E-state index is 13.1. The van der Waals surface area contributed by atoms with E-state index >= 15 is 0 Å². The molecule has 182 valence electrons. The van der Waals surface area contributed by atoms with Gasteiger partial charge in [-0.3, -0.25) is 23.3 Å². The minimum Gasteiger partial charge on any atom is -0.387 e. The summed E-state index contributed by atoms with van der Waals surface area (Å²) < 4.78 is 37.5. The Kier molecular flexibility index (Phi) is 6.38. The van der Waals surface area contributed by atoms with Gasteiger partial charge in [0.2, 0.25) is 5.95 Å². The van der Waals surface area contributed by atoms with E-state index in [1.165, 1.54) is 16.8 Å². The Bertz CT molecular complexity index is 1320. The van der Waals surface area contributed by atoms with Crippen LogP contribution in [0, 0.1) is 0 Å². The third-order valence-corrected chi connectivity index (χ3v) is 7.68. The summed E-state index contributed by atoms with van der Waals surface area (Å²) >= 11 is 3.40. The van der Waals surface area contributed by atoms with Crippen LogP contribution in [0.15, 0.2) is 45.8 Å². The van der Waals surface area contributed by atoms with Gasteiger partial charge in [-0.1, -0.05) is 28.1 Å². The molecule has 2 fully saturated rings. The van der Waals surface area contributed by atoms with E-state index in [-0.39, 0.29) is 30.2 Å². The summed E-state index contributed by atoms with van der Waals surface area (Å²) in [5.41, 5.74) is 6.19. The number of anilines is 1. The number of rotatable bonds is 5. The van der Waals surface area contributed by atoms with Gasteiger partial charge in [0, 0.05) is 17.1 Å². The van der Waals surface area contributed by atoms with Gasteiger partial charge in [-0.2, -0.15) is 4.98 Å². The van der Waals surface area contributed by atoms with E-state index in [9.17, 15) is 19.6 Å². The molecule has 2 aliphatic rings. The zero-order valence-corrected chi connectivity index (χ0v) is 20.1. The Morgan fingerprint density at radius 3 is 2.94 bits per heavy atom. The van der Waals surface area contributed by atoms with Crippen LogP contribution in [-0.2, 0) is 22.9 Å². The van der Waals surface area contributed by atoms with E-state index < -0.39 is 44.0 Å². The molecular formula is C20H22BrN4O8P. The number of benzene rings is 1. The molecular weight excluding hydrogens is 535 g/mol. The number of phosphoric acid groups is 1. The average molecular weight is 557 g/mol. The van der Waals surface area contributed by atoms with Crippen LogP contribution in [0.25, 0.3) is 11.0 Å². The molecule has 12 nitrogen and oxygen atoms in total. The number of hydrogen-bond donors (Lipinski definition) is 4. The highest BCUT2D eigenvalue weighted by Crippen LogP contribution is 2.57. The quantitative estimate of drug-likeness (QED) is 0.340. The Balaban J connectivity index is 1.29. The van der Waals surface area contributed by atoms with Crippen LogP contribution >= 0.6 is 23.8 Å². The number of H-pyrrole nitrogens is 1. The number of nitrogens with one attached hydrogen (secondary N) is 1.